The molecule has 0 aliphatic heterocycles. The third-order valence-corrected chi connectivity index (χ3v) is 4.63. The zero-order chi connectivity index (χ0) is 26.0. The molecule has 5 atom stereocenters. The van der Waals surface area contributed by atoms with Gasteiger partial charge in [-0.1, -0.05) is 12.1 Å². The summed E-state index contributed by atoms with van der Waals surface area (Å²) in [6, 6.07) is -0.483. The van der Waals surface area contributed by atoms with Crippen LogP contribution in [0.4, 0.5) is 0 Å². The number of amides is 4. The molecule has 0 bridgehead atoms. The minimum absolute atomic E-state index is 0.0571. The van der Waals surface area contributed by atoms with Crippen LogP contribution < -0.4 is 27.4 Å². The van der Waals surface area contributed by atoms with Crippen molar-refractivity contribution in [3.63, 3.8) is 0 Å². The van der Waals surface area contributed by atoms with Crippen LogP contribution in [0.25, 0.3) is 0 Å². The van der Waals surface area contributed by atoms with E-state index in [1.165, 1.54) is 24.3 Å². The van der Waals surface area contributed by atoms with Crippen molar-refractivity contribution in [2.75, 3.05) is 6.61 Å². The largest absolute Gasteiger partial charge is 0.508 e. The molecule has 1 aromatic carbocycles. The number of nitrogens with two attached hydrogens (primary N) is 2. The van der Waals surface area contributed by atoms with Gasteiger partial charge in [-0.15, -0.1) is 0 Å². The van der Waals surface area contributed by atoms with E-state index in [1.54, 1.807) is 0 Å². The van der Waals surface area contributed by atoms with E-state index in [1.807, 2.05) is 0 Å². The van der Waals surface area contributed by atoms with Gasteiger partial charge in [0.05, 0.1) is 19.1 Å². The van der Waals surface area contributed by atoms with Gasteiger partial charge in [-0.25, -0.2) is 4.79 Å². The van der Waals surface area contributed by atoms with Gasteiger partial charge in [0, 0.05) is 6.42 Å². The number of hydrogen-bond donors (Lipinski definition) is 9. The summed E-state index contributed by atoms with van der Waals surface area (Å²) in [7, 11) is 0. The summed E-state index contributed by atoms with van der Waals surface area (Å²) in [4.78, 5) is 60.3. The molecule has 0 aromatic heterocycles. The molecule has 5 unspecified atom stereocenters. The summed E-state index contributed by atoms with van der Waals surface area (Å²) in [5, 5.41) is 43.9. The molecule has 0 aliphatic rings. The molecule has 34 heavy (non-hydrogen) atoms. The molecular formula is C20H29N5O9. The van der Waals surface area contributed by atoms with Gasteiger partial charge in [0.25, 0.3) is 0 Å². The number of carbonyl (C=O) groups is 5. The summed E-state index contributed by atoms with van der Waals surface area (Å²) in [5.41, 5.74) is 11.0. The maximum absolute atomic E-state index is 12.8. The molecule has 0 radical (unpaired) electrons. The minimum Gasteiger partial charge on any atom is -0.508 e. The highest BCUT2D eigenvalue weighted by atomic mass is 16.4. The first-order chi connectivity index (χ1) is 15.8. The zero-order valence-corrected chi connectivity index (χ0v) is 18.3. The van der Waals surface area contributed by atoms with Crippen LogP contribution in [-0.2, 0) is 30.4 Å². The average molecular weight is 483 g/mol. The third kappa shape index (κ3) is 9.01. The minimum atomic E-state index is -1.68. The molecule has 0 aliphatic carbocycles. The number of primary amides is 1. The van der Waals surface area contributed by atoms with Gasteiger partial charge in [-0.2, -0.15) is 0 Å². The van der Waals surface area contributed by atoms with E-state index in [0.717, 1.165) is 6.92 Å². The van der Waals surface area contributed by atoms with E-state index >= 15 is 0 Å². The highest BCUT2D eigenvalue weighted by Crippen LogP contribution is 2.12. The molecule has 0 saturated heterocycles. The van der Waals surface area contributed by atoms with Crippen molar-refractivity contribution < 1.29 is 44.4 Å². The van der Waals surface area contributed by atoms with Crippen molar-refractivity contribution in [1.82, 2.24) is 16.0 Å². The molecule has 0 saturated carbocycles. The third-order valence-electron chi connectivity index (χ3n) is 4.63. The Morgan fingerprint density at radius 3 is 1.94 bits per heavy atom. The maximum Gasteiger partial charge on any atom is 0.328 e. The molecule has 4 amide bonds. The van der Waals surface area contributed by atoms with Crippen LogP contribution in [0.5, 0.6) is 5.75 Å². The Morgan fingerprint density at radius 2 is 1.47 bits per heavy atom. The lowest BCUT2D eigenvalue weighted by molar-refractivity contribution is -0.145. The summed E-state index contributed by atoms with van der Waals surface area (Å²) in [6.07, 6.45) is -2.31. The number of carboxylic acid groups (broad SMARTS) is 1. The van der Waals surface area contributed by atoms with Crippen LogP contribution in [0.15, 0.2) is 24.3 Å². The Balaban J connectivity index is 3.16. The first-order valence-corrected chi connectivity index (χ1v) is 10.1. The number of hydrogen-bond acceptors (Lipinski definition) is 9. The molecule has 188 valence electrons. The van der Waals surface area contributed by atoms with Crippen molar-refractivity contribution in [3.05, 3.63) is 29.8 Å². The molecule has 1 rings (SSSR count). The topological polar surface area (TPSA) is 254 Å². The van der Waals surface area contributed by atoms with Crippen molar-refractivity contribution in [2.45, 2.75) is 50.0 Å². The number of aliphatic carboxylic acids is 1. The highest BCUT2D eigenvalue weighted by Gasteiger charge is 2.32. The highest BCUT2D eigenvalue weighted by molar-refractivity contribution is 5.96. The fourth-order valence-corrected chi connectivity index (χ4v) is 2.76. The number of nitrogens with one attached hydrogen (secondary N) is 3. The quantitative estimate of drug-likeness (QED) is 0.131. The number of carbonyl (C=O) groups excluding carboxylic acids is 4. The van der Waals surface area contributed by atoms with Gasteiger partial charge in [0.2, 0.25) is 23.6 Å². The first kappa shape index (κ1) is 28.3. The standard InChI is InChI=1S/C20H29N5O9/c1-9(27)16(20(33)34)25-19(32)13(6-10-2-4-11(28)5-3-10)24-18(31)14(7-15(22)29)23-17(30)12(21)8-26/h2-5,9,12-14,16,26-28H,6-8,21H2,1H3,(H2,22,29)(H,23,30)(H,24,31)(H,25,32)(H,33,34). The predicted molar refractivity (Wildman–Crippen MR) is 116 cm³/mol. The summed E-state index contributed by atoms with van der Waals surface area (Å²) in [6.45, 7) is 0.411. The van der Waals surface area contributed by atoms with E-state index in [4.69, 9.17) is 16.6 Å². The second-order valence-corrected chi connectivity index (χ2v) is 7.52. The van der Waals surface area contributed by atoms with Crippen LogP contribution in [0, 0.1) is 0 Å². The van der Waals surface area contributed by atoms with Gasteiger partial charge in [0.1, 0.15) is 23.9 Å². The van der Waals surface area contributed by atoms with Gasteiger partial charge >= 0.3 is 5.97 Å². The number of aliphatic hydroxyl groups is 2. The number of aromatic hydroxyl groups is 1. The average Bonchev–Trinajstić information content (AvgIpc) is 2.76. The van der Waals surface area contributed by atoms with Gasteiger partial charge in [-0.05, 0) is 24.6 Å². The maximum atomic E-state index is 12.8. The molecule has 11 N–H and O–H groups in total. The first-order valence-electron chi connectivity index (χ1n) is 10.1. The molecule has 1 aromatic rings. The lowest BCUT2D eigenvalue weighted by atomic mass is 10.0. The molecule has 0 fully saturated rings. The van der Waals surface area contributed by atoms with Gasteiger partial charge in [-0.3, -0.25) is 19.2 Å². The fourth-order valence-electron chi connectivity index (χ4n) is 2.76. The Bertz CT molecular complexity index is 891. The number of phenolic OH excluding ortho intramolecular Hbond substituents is 1. The number of phenols is 1. The lowest BCUT2D eigenvalue weighted by Gasteiger charge is -2.25. The second kappa shape index (κ2) is 13.1. The monoisotopic (exact) mass is 483 g/mol. The van der Waals surface area contributed by atoms with Crippen molar-refractivity contribution in [2.24, 2.45) is 11.5 Å². The smallest absolute Gasteiger partial charge is 0.328 e. The van der Waals surface area contributed by atoms with E-state index < -0.39 is 72.9 Å². The fraction of sp³-hybridized carbons (Fsp3) is 0.450. The Hall–Kier alpha value is -3.75. The lowest BCUT2D eigenvalue weighted by Crippen LogP contribution is -2.59. The summed E-state index contributed by atoms with van der Waals surface area (Å²) >= 11 is 0. The Morgan fingerprint density at radius 1 is 0.941 bits per heavy atom. The van der Waals surface area contributed by atoms with Gasteiger partial charge in [0.15, 0.2) is 6.04 Å². The van der Waals surface area contributed by atoms with Crippen LogP contribution in [0.3, 0.4) is 0 Å². The normalized spacial score (nSPS) is 15.2. The molecule has 14 nitrogen and oxygen atoms in total. The van der Waals surface area contributed by atoms with Crippen LogP contribution in [-0.4, -0.2) is 86.9 Å². The zero-order valence-electron chi connectivity index (χ0n) is 18.3. The Kier molecular flexibility index (Phi) is 10.9. The number of benzene rings is 1. The number of carboxylic acids is 1. The van der Waals surface area contributed by atoms with Crippen LogP contribution in [0.1, 0.15) is 18.9 Å². The summed E-state index contributed by atoms with van der Waals surface area (Å²) in [5.74, 6) is -5.49. The molecule has 0 heterocycles. The van der Waals surface area contributed by atoms with Crippen molar-refractivity contribution >= 4 is 29.6 Å². The SMILES string of the molecule is CC(O)C(NC(=O)C(Cc1ccc(O)cc1)NC(=O)C(CC(N)=O)NC(=O)C(N)CO)C(=O)O. The Labute approximate surface area is 194 Å². The number of aliphatic hydroxyl groups excluding tert-OH is 2. The van der Waals surface area contributed by atoms with E-state index in [2.05, 4.69) is 16.0 Å². The van der Waals surface area contributed by atoms with E-state index in [-0.39, 0.29) is 12.2 Å². The predicted octanol–water partition coefficient (Wildman–Crippen LogP) is -3.95. The van der Waals surface area contributed by atoms with Crippen molar-refractivity contribution in [3.8, 4) is 5.75 Å². The van der Waals surface area contributed by atoms with E-state index in [9.17, 15) is 39.3 Å². The van der Waals surface area contributed by atoms with E-state index in [0.29, 0.717) is 5.56 Å². The number of rotatable bonds is 13. The molecule has 14 heteroatoms. The van der Waals surface area contributed by atoms with Gasteiger partial charge < -0.3 is 47.8 Å². The second-order valence-electron chi connectivity index (χ2n) is 7.52. The van der Waals surface area contributed by atoms with Crippen LogP contribution in [0.2, 0.25) is 0 Å². The van der Waals surface area contributed by atoms with Crippen LogP contribution >= 0.6 is 0 Å². The summed E-state index contributed by atoms with van der Waals surface area (Å²) < 4.78 is 0. The van der Waals surface area contributed by atoms with Crippen molar-refractivity contribution in [1.29, 1.82) is 0 Å². The molecule has 0 spiro atoms. The molecular weight excluding hydrogens is 454 g/mol.